The van der Waals surface area contributed by atoms with Crippen LogP contribution < -0.4 is 10.1 Å². The molecule has 1 fully saturated rings. The van der Waals surface area contributed by atoms with Crippen LogP contribution in [0.1, 0.15) is 19.8 Å². The van der Waals surface area contributed by atoms with Gasteiger partial charge in [-0.25, -0.2) is 4.99 Å². The van der Waals surface area contributed by atoms with Crippen LogP contribution in [0.25, 0.3) is 0 Å². The van der Waals surface area contributed by atoms with E-state index < -0.39 is 22.7 Å². The minimum absolute atomic E-state index is 0.00906. The number of hydrogen-bond acceptors (Lipinski definition) is 7. The summed E-state index contributed by atoms with van der Waals surface area (Å²) in [5.74, 6) is -0.745. The molecule has 1 heterocycles. The molecular weight excluding hydrogens is 458 g/mol. The number of benzene rings is 2. The van der Waals surface area contributed by atoms with Crippen molar-refractivity contribution >= 4 is 45.8 Å². The van der Waals surface area contributed by atoms with Crippen LogP contribution in [-0.2, 0) is 9.59 Å². The molecule has 1 aliphatic rings. The second-order valence-electron chi connectivity index (χ2n) is 6.92. The molecule has 1 N–H and O–H groups in total. The number of halogens is 2. The minimum Gasteiger partial charge on any atom is -0.435 e. The molecular formula is C21H20F2N4O5S. The molecule has 9 nitrogen and oxygen atoms in total. The number of rotatable bonds is 9. The van der Waals surface area contributed by atoms with E-state index in [0.717, 1.165) is 11.8 Å². The van der Waals surface area contributed by atoms with Gasteiger partial charge in [0, 0.05) is 30.8 Å². The standard InChI is InChI=1S/C21H20F2N4O5S/c1-2-10-26-19(29)17(12-18(28)24-14-4-3-5-15(11-14)27(30)31)33-21(26)25-13-6-8-16(9-7-13)32-20(22)23/h3-9,11,17,20H,2,10,12H2,1H3,(H,24,28)/t17-/m0/s1. The van der Waals surface area contributed by atoms with Gasteiger partial charge in [0.25, 0.3) is 5.69 Å². The van der Waals surface area contributed by atoms with Gasteiger partial charge in [-0.3, -0.25) is 24.6 Å². The fraction of sp³-hybridized carbons (Fsp3) is 0.286. The highest BCUT2D eigenvalue weighted by Gasteiger charge is 2.38. The van der Waals surface area contributed by atoms with Gasteiger partial charge in [-0.15, -0.1) is 0 Å². The zero-order valence-corrected chi connectivity index (χ0v) is 18.3. The smallest absolute Gasteiger partial charge is 0.387 e. The zero-order chi connectivity index (χ0) is 24.0. The zero-order valence-electron chi connectivity index (χ0n) is 17.4. The molecule has 1 saturated heterocycles. The monoisotopic (exact) mass is 478 g/mol. The summed E-state index contributed by atoms with van der Waals surface area (Å²) in [5.41, 5.74) is 0.539. The maximum atomic E-state index is 12.9. The normalized spacial score (nSPS) is 17.0. The SMILES string of the molecule is CCCN1C(=O)[C@H](CC(=O)Nc2cccc([N+](=O)[O-])c2)SC1=Nc1ccc(OC(F)F)cc1. The highest BCUT2D eigenvalue weighted by Crippen LogP contribution is 2.32. The number of thioether (sulfide) groups is 1. The number of nitro benzene ring substituents is 1. The summed E-state index contributed by atoms with van der Waals surface area (Å²) >= 11 is 1.13. The lowest BCUT2D eigenvalue weighted by Crippen LogP contribution is -2.34. The van der Waals surface area contributed by atoms with Gasteiger partial charge in [-0.1, -0.05) is 24.8 Å². The van der Waals surface area contributed by atoms with E-state index in [-0.39, 0.29) is 29.5 Å². The lowest BCUT2D eigenvalue weighted by atomic mass is 10.2. The van der Waals surface area contributed by atoms with E-state index in [1.165, 1.54) is 53.4 Å². The van der Waals surface area contributed by atoms with Crippen molar-refractivity contribution in [1.29, 1.82) is 0 Å². The van der Waals surface area contributed by atoms with Crippen LogP contribution >= 0.6 is 11.8 Å². The number of carbonyl (C=O) groups is 2. The molecule has 0 aliphatic carbocycles. The van der Waals surface area contributed by atoms with E-state index in [1.54, 1.807) is 0 Å². The predicted octanol–water partition coefficient (Wildman–Crippen LogP) is 4.57. The Hall–Kier alpha value is -3.54. The first-order valence-electron chi connectivity index (χ1n) is 9.92. The fourth-order valence-electron chi connectivity index (χ4n) is 3.04. The van der Waals surface area contributed by atoms with Crippen molar-refractivity contribution in [3.8, 4) is 5.75 Å². The molecule has 0 aromatic heterocycles. The highest BCUT2D eigenvalue weighted by atomic mass is 32.2. The Kier molecular flexibility index (Phi) is 7.93. The number of anilines is 1. The topological polar surface area (TPSA) is 114 Å². The Morgan fingerprint density at radius 2 is 2.03 bits per heavy atom. The number of nitrogens with zero attached hydrogens (tertiary/aromatic N) is 3. The number of non-ortho nitro benzene ring substituents is 1. The van der Waals surface area contributed by atoms with Crippen molar-refractivity contribution in [3.05, 3.63) is 58.6 Å². The van der Waals surface area contributed by atoms with Crippen LogP contribution in [0, 0.1) is 10.1 Å². The first kappa shape index (κ1) is 24.1. The van der Waals surface area contributed by atoms with Gasteiger partial charge in [0.2, 0.25) is 11.8 Å². The van der Waals surface area contributed by atoms with E-state index in [1.807, 2.05) is 6.92 Å². The molecule has 0 saturated carbocycles. The molecule has 12 heteroatoms. The number of carbonyl (C=O) groups excluding carboxylic acids is 2. The Labute approximate surface area is 192 Å². The third kappa shape index (κ3) is 6.48. The summed E-state index contributed by atoms with van der Waals surface area (Å²) in [6, 6.07) is 11.2. The summed E-state index contributed by atoms with van der Waals surface area (Å²) < 4.78 is 28.9. The number of hydrogen-bond donors (Lipinski definition) is 1. The van der Waals surface area contributed by atoms with Gasteiger partial charge >= 0.3 is 6.61 Å². The lowest BCUT2D eigenvalue weighted by Gasteiger charge is -2.15. The van der Waals surface area contributed by atoms with Crippen LogP contribution in [0.2, 0.25) is 0 Å². The second kappa shape index (κ2) is 10.9. The average Bonchev–Trinajstić information content (AvgIpc) is 3.04. The van der Waals surface area contributed by atoms with Gasteiger partial charge in [0.05, 0.1) is 10.6 Å². The third-order valence-corrected chi connectivity index (χ3v) is 5.64. The number of aliphatic imine (C=N–C) groups is 1. The summed E-state index contributed by atoms with van der Waals surface area (Å²) in [7, 11) is 0. The highest BCUT2D eigenvalue weighted by molar-refractivity contribution is 8.15. The molecule has 2 aromatic carbocycles. The largest absolute Gasteiger partial charge is 0.435 e. The van der Waals surface area contributed by atoms with E-state index in [0.29, 0.717) is 23.8 Å². The third-order valence-electron chi connectivity index (χ3n) is 4.47. The van der Waals surface area contributed by atoms with Gasteiger partial charge < -0.3 is 10.1 Å². The lowest BCUT2D eigenvalue weighted by molar-refractivity contribution is -0.384. The Morgan fingerprint density at radius 1 is 1.30 bits per heavy atom. The number of amides is 2. The van der Waals surface area contributed by atoms with Gasteiger partial charge in [0.15, 0.2) is 5.17 Å². The van der Waals surface area contributed by atoms with Crippen molar-refractivity contribution in [3.63, 3.8) is 0 Å². The number of ether oxygens (including phenoxy) is 1. The summed E-state index contributed by atoms with van der Waals surface area (Å²) in [6.45, 7) is -0.631. The molecule has 0 unspecified atom stereocenters. The number of nitrogens with one attached hydrogen (secondary N) is 1. The van der Waals surface area contributed by atoms with Crippen LogP contribution in [0.4, 0.5) is 25.8 Å². The van der Waals surface area contributed by atoms with Crippen LogP contribution in [-0.4, -0.2) is 45.2 Å². The molecule has 1 atom stereocenters. The van der Waals surface area contributed by atoms with Crippen molar-refractivity contribution in [1.82, 2.24) is 4.90 Å². The van der Waals surface area contributed by atoms with E-state index in [9.17, 15) is 28.5 Å². The van der Waals surface area contributed by atoms with Crippen LogP contribution in [0.15, 0.2) is 53.5 Å². The first-order valence-corrected chi connectivity index (χ1v) is 10.8. The van der Waals surface area contributed by atoms with Crippen LogP contribution in [0.3, 0.4) is 0 Å². The molecule has 2 aromatic rings. The summed E-state index contributed by atoms with van der Waals surface area (Å²) in [5, 5.41) is 13.2. The molecule has 1 aliphatic heterocycles. The van der Waals surface area contributed by atoms with E-state index in [4.69, 9.17) is 0 Å². The van der Waals surface area contributed by atoms with E-state index >= 15 is 0 Å². The quantitative estimate of drug-likeness (QED) is 0.417. The number of alkyl halides is 2. The van der Waals surface area contributed by atoms with Gasteiger partial charge in [-0.05, 0) is 36.8 Å². The molecule has 0 spiro atoms. The van der Waals surface area contributed by atoms with Crippen molar-refractivity contribution < 1.29 is 28.0 Å². The molecule has 2 amide bonds. The van der Waals surface area contributed by atoms with Gasteiger partial charge in [-0.2, -0.15) is 8.78 Å². The molecule has 174 valence electrons. The molecule has 0 radical (unpaired) electrons. The maximum Gasteiger partial charge on any atom is 0.387 e. The maximum absolute atomic E-state index is 12.9. The Morgan fingerprint density at radius 3 is 2.67 bits per heavy atom. The Balaban J connectivity index is 1.70. The fourth-order valence-corrected chi connectivity index (χ4v) is 4.23. The average molecular weight is 478 g/mol. The number of amidine groups is 1. The summed E-state index contributed by atoms with van der Waals surface area (Å²) in [6.07, 6.45) is 0.520. The first-order chi connectivity index (χ1) is 15.8. The van der Waals surface area contributed by atoms with Gasteiger partial charge in [0.1, 0.15) is 11.0 Å². The second-order valence-corrected chi connectivity index (χ2v) is 8.09. The number of nitro groups is 1. The van der Waals surface area contributed by atoms with Crippen LogP contribution in [0.5, 0.6) is 5.75 Å². The molecule has 0 bridgehead atoms. The van der Waals surface area contributed by atoms with Crippen molar-refractivity contribution in [2.45, 2.75) is 31.6 Å². The minimum atomic E-state index is -2.93. The molecule has 3 rings (SSSR count). The summed E-state index contributed by atoms with van der Waals surface area (Å²) in [4.78, 5) is 41.6. The predicted molar refractivity (Wildman–Crippen MR) is 120 cm³/mol. The Bertz CT molecular complexity index is 1060. The molecule has 33 heavy (non-hydrogen) atoms. The van der Waals surface area contributed by atoms with Crippen molar-refractivity contribution in [2.75, 3.05) is 11.9 Å². The van der Waals surface area contributed by atoms with Crippen molar-refractivity contribution in [2.24, 2.45) is 4.99 Å². The van der Waals surface area contributed by atoms with E-state index in [2.05, 4.69) is 15.0 Å².